The van der Waals surface area contributed by atoms with E-state index < -0.39 is 5.97 Å². The van der Waals surface area contributed by atoms with Crippen LogP contribution in [-0.4, -0.2) is 27.6 Å². The van der Waals surface area contributed by atoms with Gasteiger partial charge in [-0.1, -0.05) is 6.07 Å². The van der Waals surface area contributed by atoms with E-state index in [1.54, 1.807) is 24.0 Å². The summed E-state index contributed by atoms with van der Waals surface area (Å²) >= 11 is 0. The minimum atomic E-state index is -1.07. The monoisotopic (exact) mass is 275 g/mol. The van der Waals surface area contributed by atoms with Crippen molar-refractivity contribution in [2.45, 2.75) is 13.8 Å². The number of benzene rings is 1. The topological polar surface area (TPSA) is 66.3 Å². The number of carboxylic acids is 1. The van der Waals surface area contributed by atoms with E-state index in [0.717, 1.165) is 0 Å². The Labute approximate surface area is 115 Å². The van der Waals surface area contributed by atoms with Crippen LogP contribution < -0.4 is 4.90 Å². The van der Waals surface area contributed by atoms with Gasteiger partial charge in [0, 0.05) is 18.4 Å². The minimum absolute atomic E-state index is 0.0593. The zero-order valence-corrected chi connectivity index (χ0v) is 11.2. The molecule has 20 heavy (non-hydrogen) atoms. The van der Waals surface area contributed by atoms with Crippen molar-refractivity contribution in [1.82, 2.24) is 9.97 Å². The van der Waals surface area contributed by atoms with Gasteiger partial charge >= 0.3 is 5.97 Å². The molecule has 2 rings (SSSR count). The number of aromatic carboxylic acids is 1. The highest BCUT2D eigenvalue weighted by atomic mass is 19.1. The molecule has 0 fully saturated rings. The van der Waals surface area contributed by atoms with Crippen molar-refractivity contribution in [1.29, 1.82) is 0 Å². The van der Waals surface area contributed by atoms with Gasteiger partial charge in [0.05, 0.1) is 11.3 Å². The van der Waals surface area contributed by atoms with Crippen LogP contribution in [0, 0.1) is 12.7 Å². The molecule has 2 aromatic rings. The first kappa shape index (κ1) is 13.9. The molecular formula is C14H14FN3O2. The van der Waals surface area contributed by atoms with Crippen molar-refractivity contribution < 1.29 is 14.3 Å². The number of aryl methyl sites for hydroxylation is 1. The molecule has 1 N–H and O–H groups in total. The Hall–Kier alpha value is -2.50. The van der Waals surface area contributed by atoms with Crippen LogP contribution in [0.2, 0.25) is 0 Å². The lowest BCUT2D eigenvalue weighted by Gasteiger charge is -2.21. The molecule has 1 heterocycles. The fourth-order valence-corrected chi connectivity index (χ4v) is 1.88. The average molecular weight is 275 g/mol. The van der Waals surface area contributed by atoms with Crippen molar-refractivity contribution in [2.24, 2.45) is 0 Å². The zero-order chi connectivity index (χ0) is 14.7. The second kappa shape index (κ2) is 5.64. The van der Waals surface area contributed by atoms with Gasteiger partial charge in [-0.15, -0.1) is 0 Å². The molecule has 0 aliphatic carbocycles. The Morgan fingerprint density at radius 3 is 2.75 bits per heavy atom. The van der Waals surface area contributed by atoms with Crippen molar-refractivity contribution in [3.05, 3.63) is 47.5 Å². The van der Waals surface area contributed by atoms with Crippen LogP contribution in [0.15, 0.2) is 30.5 Å². The molecule has 0 saturated carbocycles. The van der Waals surface area contributed by atoms with E-state index in [-0.39, 0.29) is 11.4 Å². The van der Waals surface area contributed by atoms with Gasteiger partial charge in [-0.2, -0.15) is 0 Å². The van der Waals surface area contributed by atoms with Crippen LogP contribution in [0.4, 0.5) is 16.0 Å². The van der Waals surface area contributed by atoms with E-state index in [0.29, 0.717) is 23.9 Å². The van der Waals surface area contributed by atoms with Gasteiger partial charge in [0.15, 0.2) is 0 Å². The fourth-order valence-electron chi connectivity index (χ4n) is 1.88. The van der Waals surface area contributed by atoms with Gasteiger partial charge < -0.3 is 10.0 Å². The van der Waals surface area contributed by atoms with Gasteiger partial charge in [-0.25, -0.2) is 19.2 Å². The van der Waals surface area contributed by atoms with Gasteiger partial charge in [0.1, 0.15) is 5.82 Å². The molecule has 6 heteroatoms. The molecule has 1 aromatic heterocycles. The van der Waals surface area contributed by atoms with Crippen LogP contribution in [-0.2, 0) is 0 Å². The van der Waals surface area contributed by atoms with Gasteiger partial charge in [0.2, 0.25) is 5.95 Å². The zero-order valence-electron chi connectivity index (χ0n) is 11.2. The summed E-state index contributed by atoms with van der Waals surface area (Å²) in [4.78, 5) is 20.9. The van der Waals surface area contributed by atoms with Gasteiger partial charge in [-0.05, 0) is 32.0 Å². The summed E-state index contributed by atoms with van der Waals surface area (Å²) in [6.45, 7) is 4.03. The summed E-state index contributed by atoms with van der Waals surface area (Å²) in [7, 11) is 0. The number of aromatic nitrogens is 2. The standard InChI is InChI=1S/C14H14FN3O2/c1-3-18(11-6-4-5-10(15)7-11)14-16-8-12(13(19)20)9(2)17-14/h4-8H,3H2,1-2H3,(H,19,20). The Morgan fingerprint density at radius 1 is 1.45 bits per heavy atom. The normalized spacial score (nSPS) is 10.3. The molecule has 0 saturated heterocycles. The molecule has 0 aliphatic heterocycles. The smallest absolute Gasteiger partial charge is 0.339 e. The largest absolute Gasteiger partial charge is 0.478 e. The van der Waals surface area contributed by atoms with Crippen molar-refractivity contribution >= 4 is 17.6 Å². The lowest BCUT2D eigenvalue weighted by atomic mass is 10.2. The van der Waals surface area contributed by atoms with E-state index in [9.17, 15) is 9.18 Å². The third-order valence-electron chi connectivity index (χ3n) is 2.87. The summed E-state index contributed by atoms with van der Waals surface area (Å²) in [6.07, 6.45) is 1.27. The molecule has 104 valence electrons. The molecule has 0 unspecified atom stereocenters. The predicted octanol–water partition coefficient (Wildman–Crippen LogP) is 2.78. The quantitative estimate of drug-likeness (QED) is 0.929. The van der Waals surface area contributed by atoms with Crippen molar-refractivity contribution in [3.8, 4) is 0 Å². The fraction of sp³-hybridized carbons (Fsp3) is 0.214. The highest BCUT2D eigenvalue weighted by molar-refractivity contribution is 5.88. The predicted molar refractivity (Wildman–Crippen MR) is 72.8 cm³/mol. The van der Waals surface area contributed by atoms with E-state index in [1.165, 1.54) is 18.3 Å². The molecular weight excluding hydrogens is 261 g/mol. The first-order valence-corrected chi connectivity index (χ1v) is 6.13. The van der Waals surface area contributed by atoms with Crippen LogP contribution >= 0.6 is 0 Å². The highest BCUT2D eigenvalue weighted by Crippen LogP contribution is 2.23. The van der Waals surface area contributed by atoms with Crippen LogP contribution in [0.3, 0.4) is 0 Å². The van der Waals surface area contributed by atoms with Crippen LogP contribution in [0.5, 0.6) is 0 Å². The first-order valence-electron chi connectivity index (χ1n) is 6.13. The Bertz CT molecular complexity index is 646. The van der Waals surface area contributed by atoms with Crippen molar-refractivity contribution in [2.75, 3.05) is 11.4 Å². The molecule has 0 radical (unpaired) electrons. The summed E-state index contributed by atoms with van der Waals surface area (Å²) in [5, 5.41) is 8.96. The summed E-state index contributed by atoms with van der Waals surface area (Å²) < 4.78 is 13.3. The second-order valence-electron chi connectivity index (χ2n) is 4.20. The summed E-state index contributed by atoms with van der Waals surface area (Å²) in [5.74, 6) is -1.07. The number of carboxylic acid groups (broad SMARTS) is 1. The van der Waals surface area contributed by atoms with E-state index in [2.05, 4.69) is 9.97 Å². The molecule has 5 nitrogen and oxygen atoms in total. The maximum atomic E-state index is 13.3. The molecule has 0 bridgehead atoms. The SMILES string of the molecule is CCN(c1cccc(F)c1)c1ncc(C(=O)O)c(C)n1. The number of nitrogens with zero attached hydrogens (tertiary/aromatic N) is 3. The molecule has 0 amide bonds. The Morgan fingerprint density at radius 2 is 2.20 bits per heavy atom. The maximum Gasteiger partial charge on any atom is 0.339 e. The minimum Gasteiger partial charge on any atom is -0.478 e. The number of rotatable bonds is 4. The van der Waals surface area contributed by atoms with Gasteiger partial charge in [-0.3, -0.25) is 0 Å². The number of anilines is 2. The van der Waals surface area contributed by atoms with Gasteiger partial charge in [0.25, 0.3) is 0 Å². The molecule has 1 aromatic carbocycles. The Balaban J connectivity index is 2.42. The first-order chi connectivity index (χ1) is 9.52. The maximum absolute atomic E-state index is 13.3. The van der Waals surface area contributed by atoms with E-state index in [4.69, 9.17) is 5.11 Å². The van der Waals surface area contributed by atoms with Crippen LogP contribution in [0.1, 0.15) is 23.0 Å². The van der Waals surface area contributed by atoms with E-state index in [1.807, 2.05) is 6.92 Å². The van der Waals surface area contributed by atoms with Crippen LogP contribution in [0.25, 0.3) is 0 Å². The number of halogens is 1. The molecule has 0 spiro atoms. The summed E-state index contributed by atoms with van der Waals surface area (Å²) in [6, 6.07) is 6.09. The Kier molecular flexibility index (Phi) is 3.93. The lowest BCUT2D eigenvalue weighted by Crippen LogP contribution is -2.20. The summed E-state index contributed by atoms with van der Waals surface area (Å²) in [5.41, 5.74) is 1.05. The second-order valence-corrected chi connectivity index (χ2v) is 4.20. The highest BCUT2D eigenvalue weighted by Gasteiger charge is 2.15. The number of hydrogen-bond donors (Lipinski definition) is 1. The lowest BCUT2D eigenvalue weighted by molar-refractivity contribution is 0.0695. The third-order valence-corrected chi connectivity index (χ3v) is 2.87. The number of hydrogen-bond acceptors (Lipinski definition) is 4. The molecule has 0 aliphatic rings. The number of carbonyl (C=O) groups is 1. The van der Waals surface area contributed by atoms with Crippen molar-refractivity contribution in [3.63, 3.8) is 0 Å². The average Bonchev–Trinajstić information content (AvgIpc) is 2.39. The van der Waals surface area contributed by atoms with E-state index >= 15 is 0 Å². The molecule has 0 atom stereocenters. The third kappa shape index (κ3) is 2.74.